The van der Waals surface area contributed by atoms with Gasteiger partial charge in [-0.2, -0.15) is 0 Å². The van der Waals surface area contributed by atoms with Crippen molar-refractivity contribution in [2.75, 3.05) is 5.32 Å². The standard InChI is InChI=1S/C19H17N3O2S/c1-13(23)14-4-6-16(7-5-14)21-18(24)8-9-19-22-17(12-25-19)15-3-2-10-20-11-15/h2-7,10-12H,8-9H2,1H3,(H,21,24). The number of carbonyl (C=O) groups is 2. The maximum atomic E-state index is 12.1. The molecule has 0 aliphatic heterocycles. The first-order valence-electron chi connectivity index (χ1n) is 7.87. The van der Waals surface area contributed by atoms with Crippen molar-refractivity contribution < 1.29 is 9.59 Å². The second-order valence-electron chi connectivity index (χ2n) is 5.55. The Morgan fingerprint density at radius 3 is 2.64 bits per heavy atom. The summed E-state index contributed by atoms with van der Waals surface area (Å²) in [5.74, 6) is -0.0697. The summed E-state index contributed by atoms with van der Waals surface area (Å²) in [5.41, 5.74) is 3.17. The Morgan fingerprint density at radius 1 is 1.16 bits per heavy atom. The summed E-state index contributed by atoms with van der Waals surface area (Å²) in [6.45, 7) is 1.52. The Hall–Kier alpha value is -2.86. The molecule has 0 saturated carbocycles. The van der Waals surface area contributed by atoms with Crippen LogP contribution in [0.2, 0.25) is 0 Å². The van der Waals surface area contributed by atoms with E-state index in [0.29, 0.717) is 24.1 Å². The third-order valence-corrected chi connectivity index (χ3v) is 4.56. The molecule has 1 amide bonds. The molecule has 126 valence electrons. The van der Waals surface area contributed by atoms with E-state index >= 15 is 0 Å². The predicted molar refractivity (Wildman–Crippen MR) is 98.7 cm³/mol. The number of nitrogens with zero attached hydrogens (tertiary/aromatic N) is 2. The summed E-state index contributed by atoms with van der Waals surface area (Å²) in [6, 6.07) is 10.7. The molecule has 0 atom stereocenters. The first kappa shape index (κ1) is 17.0. The lowest BCUT2D eigenvalue weighted by atomic mass is 10.1. The fourth-order valence-corrected chi connectivity index (χ4v) is 3.11. The van der Waals surface area contributed by atoms with Crippen LogP contribution in [0.1, 0.15) is 28.7 Å². The van der Waals surface area contributed by atoms with Crippen LogP contribution in [0.5, 0.6) is 0 Å². The van der Waals surface area contributed by atoms with Gasteiger partial charge in [-0.05, 0) is 43.3 Å². The van der Waals surface area contributed by atoms with Gasteiger partial charge < -0.3 is 5.32 Å². The first-order valence-corrected chi connectivity index (χ1v) is 8.75. The zero-order valence-corrected chi connectivity index (χ0v) is 14.5. The van der Waals surface area contributed by atoms with Gasteiger partial charge in [0.25, 0.3) is 0 Å². The van der Waals surface area contributed by atoms with E-state index in [9.17, 15) is 9.59 Å². The van der Waals surface area contributed by atoms with Crippen molar-refractivity contribution in [3.05, 3.63) is 64.7 Å². The van der Waals surface area contributed by atoms with Crippen LogP contribution in [0.25, 0.3) is 11.3 Å². The fourth-order valence-electron chi connectivity index (χ4n) is 2.30. The van der Waals surface area contributed by atoms with Gasteiger partial charge in [-0.15, -0.1) is 11.3 Å². The van der Waals surface area contributed by atoms with Crippen LogP contribution in [0.4, 0.5) is 5.69 Å². The highest BCUT2D eigenvalue weighted by Crippen LogP contribution is 2.21. The van der Waals surface area contributed by atoms with E-state index in [0.717, 1.165) is 16.3 Å². The SMILES string of the molecule is CC(=O)c1ccc(NC(=O)CCc2nc(-c3cccnc3)cs2)cc1. The van der Waals surface area contributed by atoms with Crippen molar-refractivity contribution in [3.8, 4) is 11.3 Å². The van der Waals surface area contributed by atoms with Gasteiger partial charge >= 0.3 is 0 Å². The van der Waals surface area contributed by atoms with E-state index in [2.05, 4.69) is 15.3 Å². The summed E-state index contributed by atoms with van der Waals surface area (Å²) in [5, 5.41) is 5.73. The molecule has 2 heterocycles. The number of aryl methyl sites for hydroxylation is 1. The van der Waals surface area contributed by atoms with Crippen LogP contribution in [0.15, 0.2) is 54.2 Å². The molecule has 3 rings (SSSR count). The normalized spacial score (nSPS) is 10.4. The predicted octanol–water partition coefficient (Wildman–Crippen LogP) is 3.98. The number of amides is 1. The number of rotatable bonds is 6. The number of pyridine rings is 1. The van der Waals surface area contributed by atoms with Gasteiger partial charge in [0.2, 0.25) is 5.91 Å². The number of carbonyl (C=O) groups excluding carboxylic acids is 2. The average Bonchev–Trinajstić information content (AvgIpc) is 3.10. The highest BCUT2D eigenvalue weighted by atomic mass is 32.1. The lowest BCUT2D eigenvalue weighted by Crippen LogP contribution is -2.12. The highest BCUT2D eigenvalue weighted by Gasteiger charge is 2.08. The molecule has 0 aliphatic rings. The van der Waals surface area contributed by atoms with Crippen molar-refractivity contribution >= 4 is 28.7 Å². The van der Waals surface area contributed by atoms with E-state index in [-0.39, 0.29) is 11.7 Å². The lowest BCUT2D eigenvalue weighted by molar-refractivity contribution is -0.116. The van der Waals surface area contributed by atoms with Gasteiger partial charge in [-0.3, -0.25) is 14.6 Å². The van der Waals surface area contributed by atoms with Crippen LogP contribution >= 0.6 is 11.3 Å². The molecule has 5 nitrogen and oxygen atoms in total. The number of anilines is 1. The van der Waals surface area contributed by atoms with Crippen molar-refractivity contribution in [3.63, 3.8) is 0 Å². The minimum Gasteiger partial charge on any atom is -0.326 e. The Labute approximate surface area is 149 Å². The number of benzene rings is 1. The van der Waals surface area contributed by atoms with Crippen molar-refractivity contribution in [2.45, 2.75) is 19.8 Å². The molecule has 25 heavy (non-hydrogen) atoms. The highest BCUT2D eigenvalue weighted by molar-refractivity contribution is 7.09. The third-order valence-electron chi connectivity index (χ3n) is 3.65. The van der Waals surface area contributed by atoms with Crippen LogP contribution in [-0.4, -0.2) is 21.7 Å². The van der Waals surface area contributed by atoms with Crippen molar-refractivity contribution in [2.24, 2.45) is 0 Å². The Balaban J connectivity index is 1.54. The number of aromatic nitrogens is 2. The quantitative estimate of drug-likeness (QED) is 0.682. The maximum Gasteiger partial charge on any atom is 0.224 e. The average molecular weight is 351 g/mol. The summed E-state index contributed by atoms with van der Waals surface area (Å²) in [7, 11) is 0. The van der Waals surface area contributed by atoms with E-state index < -0.39 is 0 Å². The number of hydrogen-bond donors (Lipinski definition) is 1. The van der Waals surface area contributed by atoms with E-state index in [1.54, 1.807) is 48.0 Å². The zero-order chi connectivity index (χ0) is 17.6. The Kier molecular flexibility index (Phi) is 5.30. The van der Waals surface area contributed by atoms with Crippen LogP contribution in [0.3, 0.4) is 0 Å². The van der Waals surface area contributed by atoms with Crippen LogP contribution < -0.4 is 5.32 Å². The fraction of sp³-hybridized carbons (Fsp3) is 0.158. The second-order valence-corrected chi connectivity index (χ2v) is 6.49. The van der Waals surface area contributed by atoms with Gasteiger partial charge in [0, 0.05) is 47.4 Å². The van der Waals surface area contributed by atoms with Gasteiger partial charge in [0.15, 0.2) is 5.78 Å². The largest absolute Gasteiger partial charge is 0.326 e. The molecule has 0 spiro atoms. The number of Topliss-reactive ketones (excluding diaryl/α,β-unsaturated/α-hetero) is 1. The lowest BCUT2D eigenvalue weighted by Gasteiger charge is -2.05. The van der Waals surface area contributed by atoms with Crippen LogP contribution in [-0.2, 0) is 11.2 Å². The van der Waals surface area contributed by atoms with E-state index in [1.807, 2.05) is 17.5 Å². The molecule has 1 N–H and O–H groups in total. The molecule has 0 unspecified atom stereocenters. The molecule has 2 aromatic heterocycles. The van der Waals surface area contributed by atoms with Gasteiger partial charge in [0.05, 0.1) is 10.7 Å². The molecule has 0 radical (unpaired) electrons. The molecule has 0 fully saturated rings. The number of hydrogen-bond acceptors (Lipinski definition) is 5. The molecular weight excluding hydrogens is 334 g/mol. The van der Waals surface area contributed by atoms with E-state index in [1.165, 1.54) is 6.92 Å². The Bertz CT molecular complexity index is 873. The van der Waals surface area contributed by atoms with E-state index in [4.69, 9.17) is 0 Å². The summed E-state index contributed by atoms with van der Waals surface area (Å²) >= 11 is 1.54. The summed E-state index contributed by atoms with van der Waals surface area (Å²) < 4.78 is 0. The monoisotopic (exact) mass is 351 g/mol. The number of thiazole rings is 1. The van der Waals surface area contributed by atoms with Gasteiger partial charge in [-0.1, -0.05) is 0 Å². The van der Waals surface area contributed by atoms with Gasteiger partial charge in [0.1, 0.15) is 0 Å². The maximum absolute atomic E-state index is 12.1. The Morgan fingerprint density at radius 2 is 1.96 bits per heavy atom. The minimum absolute atomic E-state index is 0.00562. The molecule has 1 aromatic carbocycles. The molecule has 0 saturated heterocycles. The number of nitrogens with one attached hydrogen (secondary N) is 1. The molecule has 0 aliphatic carbocycles. The van der Waals surface area contributed by atoms with Crippen LogP contribution in [0, 0.1) is 0 Å². The minimum atomic E-state index is -0.0753. The number of ketones is 1. The van der Waals surface area contributed by atoms with Crippen molar-refractivity contribution in [1.29, 1.82) is 0 Å². The molecule has 6 heteroatoms. The van der Waals surface area contributed by atoms with Crippen molar-refractivity contribution in [1.82, 2.24) is 9.97 Å². The van der Waals surface area contributed by atoms with Gasteiger partial charge in [-0.25, -0.2) is 4.98 Å². The second kappa shape index (κ2) is 7.81. The topological polar surface area (TPSA) is 72.0 Å². The molecular formula is C19H17N3O2S. The summed E-state index contributed by atoms with van der Waals surface area (Å²) in [6.07, 6.45) is 4.44. The summed E-state index contributed by atoms with van der Waals surface area (Å²) in [4.78, 5) is 32.0. The first-order chi connectivity index (χ1) is 12.1. The third kappa shape index (κ3) is 4.58. The molecule has 3 aromatic rings. The smallest absolute Gasteiger partial charge is 0.224 e. The zero-order valence-electron chi connectivity index (χ0n) is 13.7. The molecule has 0 bridgehead atoms.